The van der Waals surface area contributed by atoms with Gasteiger partial charge in [0.1, 0.15) is 11.6 Å². The van der Waals surface area contributed by atoms with Gasteiger partial charge in [-0.1, -0.05) is 0 Å². The Bertz CT molecular complexity index is 403. The maximum absolute atomic E-state index is 13.4. The van der Waals surface area contributed by atoms with Gasteiger partial charge in [-0.2, -0.15) is 0 Å². The van der Waals surface area contributed by atoms with Crippen LogP contribution in [-0.4, -0.2) is 31.4 Å². The molecule has 0 amide bonds. The zero-order valence-corrected chi connectivity index (χ0v) is 10.9. The summed E-state index contributed by atoms with van der Waals surface area (Å²) < 4.78 is 18.6. The fourth-order valence-electron chi connectivity index (χ4n) is 2.58. The molecule has 0 aliphatic heterocycles. The van der Waals surface area contributed by atoms with Crippen molar-refractivity contribution in [2.45, 2.75) is 37.8 Å². The molecule has 1 saturated carbocycles. The molecule has 0 spiro atoms. The van der Waals surface area contributed by atoms with Gasteiger partial charge in [0.05, 0.1) is 18.9 Å². The molecular weight excluding hydrogens is 233 g/mol. The fraction of sp³-hybridized carbons (Fsp3) is 0.571. The number of aliphatic hydroxyl groups is 1. The number of ether oxygens (including phenoxy) is 1. The van der Waals surface area contributed by atoms with Crippen molar-refractivity contribution in [3.8, 4) is 5.75 Å². The highest BCUT2D eigenvalue weighted by Crippen LogP contribution is 2.33. The molecule has 0 atom stereocenters. The molecule has 1 aromatic carbocycles. The van der Waals surface area contributed by atoms with Crippen molar-refractivity contribution < 1.29 is 14.2 Å². The quantitative estimate of drug-likeness (QED) is 0.898. The maximum Gasteiger partial charge on any atom is 0.142 e. The lowest BCUT2D eigenvalue weighted by atomic mass is 9.92. The van der Waals surface area contributed by atoms with Gasteiger partial charge >= 0.3 is 0 Å². The zero-order valence-electron chi connectivity index (χ0n) is 10.9. The minimum Gasteiger partial charge on any atom is -0.495 e. The van der Waals surface area contributed by atoms with Gasteiger partial charge in [-0.25, -0.2) is 4.39 Å². The molecule has 0 radical (unpaired) electrons. The fourth-order valence-corrected chi connectivity index (χ4v) is 2.58. The predicted molar refractivity (Wildman–Crippen MR) is 69.6 cm³/mol. The Morgan fingerprint density at radius 1 is 1.28 bits per heavy atom. The van der Waals surface area contributed by atoms with Crippen molar-refractivity contribution in [3.63, 3.8) is 0 Å². The van der Waals surface area contributed by atoms with Crippen LogP contribution >= 0.6 is 0 Å². The molecule has 0 saturated heterocycles. The molecule has 18 heavy (non-hydrogen) atoms. The number of rotatable bonds is 3. The van der Waals surface area contributed by atoms with E-state index < -0.39 is 0 Å². The summed E-state index contributed by atoms with van der Waals surface area (Å²) in [5, 5.41) is 9.52. The van der Waals surface area contributed by atoms with Crippen LogP contribution in [0, 0.1) is 5.82 Å². The summed E-state index contributed by atoms with van der Waals surface area (Å²) in [6, 6.07) is 4.90. The van der Waals surface area contributed by atoms with Crippen molar-refractivity contribution in [1.82, 2.24) is 0 Å². The van der Waals surface area contributed by atoms with Gasteiger partial charge in [0.25, 0.3) is 0 Å². The van der Waals surface area contributed by atoms with Gasteiger partial charge < -0.3 is 14.7 Å². The summed E-state index contributed by atoms with van der Waals surface area (Å²) in [5.41, 5.74) is 0.777. The lowest BCUT2D eigenvalue weighted by Crippen LogP contribution is -2.36. The molecule has 2 rings (SSSR count). The lowest BCUT2D eigenvalue weighted by Gasteiger charge is -2.35. The van der Waals surface area contributed by atoms with Gasteiger partial charge in [-0.15, -0.1) is 0 Å². The Morgan fingerprint density at radius 2 is 1.94 bits per heavy atom. The van der Waals surface area contributed by atoms with Crippen LogP contribution in [0.4, 0.5) is 10.1 Å². The van der Waals surface area contributed by atoms with E-state index in [0.717, 1.165) is 31.4 Å². The first-order valence-corrected chi connectivity index (χ1v) is 6.36. The number of halogens is 1. The van der Waals surface area contributed by atoms with Crippen LogP contribution in [0.1, 0.15) is 25.7 Å². The van der Waals surface area contributed by atoms with Crippen molar-refractivity contribution in [2.75, 3.05) is 19.1 Å². The van der Waals surface area contributed by atoms with Crippen molar-refractivity contribution >= 4 is 5.69 Å². The molecule has 3 nitrogen and oxygen atoms in total. The minimum atomic E-state index is -0.256. The summed E-state index contributed by atoms with van der Waals surface area (Å²) in [4.78, 5) is 2.06. The number of anilines is 1. The van der Waals surface area contributed by atoms with E-state index in [-0.39, 0.29) is 11.9 Å². The third-order valence-electron chi connectivity index (χ3n) is 3.73. The monoisotopic (exact) mass is 253 g/mol. The van der Waals surface area contributed by atoms with Crippen molar-refractivity contribution in [3.05, 3.63) is 24.0 Å². The average Bonchev–Trinajstić information content (AvgIpc) is 2.39. The van der Waals surface area contributed by atoms with Gasteiger partial charge in [-0.3, -0.25) is 0 Å². The van der Waals surface area contributed by atoms with E-state index in [2.05, 4.69) is 4.90 Å². The second-order valence-corrected chi connectivity index (χ2v) is 4.89. The highest BCUT2D eigenvalue weighted by Gasteiger charge is 2.24. The van der Waals surface area contributed by atoms with Crippen molar-refractivity contribution in [1.29, 1.82) is 0 Å². The van der Waals surface area contributed by atoms with E-state index in [9.17, 15) is 9.50 Å². The standard InChI is InChI=1S/C14H20FNO2/c1-16(11-4-6-12(17)7-5-11)13-9-10(15)3-8-14(13)18-2/h3,8-9,11-12,17H,4-7H2,1-2H3. The third-order valence-corrected chi connectivity index (χ3v) is 3.73. The average molecular weight is 253 g/mol. The topological polar surface area (TPSA) is 32.7 Å². The number of hydrogen-bond acceptors (Lipinski definition) is 3. The van der Waals surface area contributed by atoms with Gasteiger partial charge in [0.2, 0.25) is 0 Å². The summed E-state index contributed by atoms with van der Waals surface area (Å²) in [5.74, 6) is 0.429. The first kappa shape index (κ1) is 13.1. The molecule has 0 aromatic heterocycles. The molecule has 0 bridgehead atoms. The molecule has 0 heterocycles. The zero-order chi connectivity index (χ0) is 13.1. The van der Waals surface area contributed by atoms with Crippen LogP contribution in [0.2, 0.25) is 0 Å². The van der Waals surface area contributed by atoms with E-state index >= 15 is 0 Å². The van der Waals surface area contributed by atoms with Crippen LogP contribution in [0.5, 0.6) is 5.75 Å². The van der Waals surface area contributed by atoms with Crippen LogP contribution in [0.3, 0.4) is 0 Å². The summed E-state index contributed by atoms with van der Waals surface area (Å²) in [7, 11) is 3.55. The first-order valence-electron chi connectivity index (χ1n) is 6.36. The molecule has 100 valence electrons. The molecule has 1 aliphatic carbocycles. The van der Waals surface area contributed by atoms with Gasteiger partial charge in [-0.05, 0) is 37.8 Å². The minimum absolute atomic E-state index is 0.177. The van der Waals surface area contributed by atoms with E-state index in [4.69, 9.17) is 4.74 Å². The van der Waals surface area contributed by atoms with Crippen LogP contribution in [0.25, 0.3) is 0 Å². The lowest BCUT2D eigenvalue weighted by molar-refractivity contribution is 0.122. The van der Waals surface area contributed by atoms with Crippen molar-refractivity contribution in [2.24, 2.45) is 0 Å². The van der Waals surface area contributed by atoms with E-state index in [1.165, 1.54) is 12.1 Å². The molecule has 1 N–H and O–H groups in total. The number of aliphatic hydroxyl groups excluding tert-OH is 1. The summed E-state index contributed by atoms with van der Waals surface area (Å²) in [6.07, 6.45) is 3.30. The van der Waals surface area contributed by atoms with Gasteiger partial charge in [0, 0.05) is 19.2 Å². The van der Waals surface area contributed by atoms with Gasteiger partial charge in [0.15, 0.2) is 0 Å². The summed E-state index contributed by atoms with van der Waals surface area (Å²) >= 11 is 0. The van der Waals surface area contributed by atoms with E-state index in [1.54, 1.807) is 13.2 Å². The molecule has 1 aromatic rings. The Kier molecular flexibility index (Phi) is 4.07. The first-order chi connectivity index (χ1) is 8.61. The number of hydrogen-bond donors (Lipinski definition) is 1. The predicted octanol–water partition coefficient (Wildman–Crippen LogP) is 2.57. The summed E-state index contributed by atoms with van der Waals surface area (Å²) in [6.45, 7) is 0. The number of nitrogens with zero attached hydrogens (tertiary/aromatic N) is 1. The third kappa shape index (κ3) is 2.75. The largest absolute Gasteiger partial charge is 0.495 e. The number of benzene rings is 1. The molecule has 1 fully saturated rings. The smallest absolute Gasteiger partial charge is 0.142 e. The normalized spacial score (nSPS) is 23.8. The second-order valence-electron chi connectivity index (χ2n) is 4.89. The Labute approximate surface area is 107 Å². The van der Waals surface area contributed by atoms with Crippen LogP contribution in [-0.2, 0) is 0 Å². The molecule has 0 unspecified atom stereocenters. The number of methoxy groups -OCH3 is 1. The Balaban J connectivity index is 2.17. The molecule has 1 aliphatic rings. The van der Waals surface area contributed by atoms with E-state index in [1.807, 2.05) is 7.05 Å². The van der Waals surface area contributed by atoms with Crippen LogP contribution < -0.4 is 9.64 Å². The molecule has 4 heteroatoms. The maximum atomic E-state index is 13.4. The van der Waals surface area contributed by atoms with Crippen LogP contribution in [0.15, 0.2) is 18.2 Å². The molecular formula is C14H20FNO2. The Hall–Kier alpha value is -1.29. The highest BCUT2D eigenvalue weighted by molar-refractivity contribution is 5.58. The highest BCUT2D eigenvalue weighted by atomic mass is 19.1. The SMILES string of the molecule is COc1ccc(F)cc1N(C)C1CCC(O)CC1. The van der Waals surface area contributed by atoms with E-state index in [0.29, 0.717) is 11.8 Å². The Morgan fingerprint density at radius 3 is 2.56 bits per heavy atom. The second kappa shape index (κ2) is 5.57.